The molecule has 0 atom stereocenters. The Kier molecular flexibility index (Phi) is 13.1. The Morgan fingerprint density at radius 3 is 1.47 bits per heavy atom. The number of aromatic carboxylic acids is 1. The van der Waals surface area contributed by atoms with E-state index in [1.807, 2.05) is 6.07 Å². The number of ether oxygens (including phenoxy) is 2. The zero-order valence-corrected chi connectivity index (χ0v) is 39.9. The van der Waals surface area contributed by atoms with Gasteiger partial charge in [0.1, 0.15) is 11.6 Å². The number of carboxylic acids is 1. The Labute approximate surface area is 384 Å². The Balaban J connectivity index is 0.000000181. The normalized spacial score (nSPS) is 16.9. The number of carbonyl (C=O) groups is 2. The van der Waals surface area contributed by atoms with Gasteiger partial charge in [-0.3, -0.25) is 4.79 Å². The number of rotatable bonds is 12. The zero-order valence-electron chi connectivity index (χ0n) is 38.3. The quantitative estimate of drug-likeness (QED) is 0.139. The van der Waals surface area contributed by atoms with Gasteiger partial charge in [0.2, 0.25) is 0 Å². The minimum Gasteiger partial charge on any atom is -0.478 e. The van der Waals surface area contributed by atoms with Crippen molar-refractivity contribution < 1.29 is 41.0 Å². The molecule has 4 aromatic heterocycles. The molecule has 1 saturated carbocycles. The van der Waals surface area contributed by atoms with Crippen molar-refractivity contribution in [1.29, 1.82) is 0 Å². The van der Waals surface area contributed by atoms with E-state index in [9.17, 15) is 26.4 Å². The summed E-state index contributed by atoms with van der Waals surface area (Å²) in [5.41, 5.74) is 2.63. The first-order chi connectivity index (χ1) is 31.2. The Hall–Kier alpha value is -5.44. The number of nitrogens with one attached hydrogen (secondary N) is 1. The third-order valence-corrected chi connectivity index (χ3v) is 15.4. The van der Waals surface area contributed by atoms with Crippen LogP contribution in [0.4, 0.5) is 0 Å². The smallest absolute Gasteiger partial charge is 0.338 e. The molecular weight excluding hydrogens is 887 g/mol. The molecule has 3 fully saturated rings. The molecule has 354 valence electrons. The van der Waals surface area contributed by atoms with Crippen LogP contribution in [-0.2, 0) is 53.4 Å². The Bertz CT molecular complexity index is 2970. The summed E-state index contributed by atoms with van der Waals surface area (Å²) in [7, 11) is -8.00. The second-order valence-electron chi connectivity index (χ2n) is 19.7. The predicted molar refractivity (Wildman–Crippen MR) is 246 cm³/mol. The van der Waals surface area contributed by atoms with E-state index >= 15 is 0 Å². The molecule has 6 aromatic rings. The van der Waals surface area contributed by atoms with E-state index in [1.54, 1.807) is 18.2 Å². The fraction of sp³-hybridized carbons (Fsp3) is 0.522. The predicted octanol–water partition coefficient (Wildman–Crippen LogP) is 6.23. The number of hydrogen-bond donors (Lipinski definition) is 2. The number of hydrogen-bond acceptors (Lipinski definition) is 12. The molecular formula is C46H59N9O9S2. The van der Waals surface area contributed by atoms with Crippen LogP contribution in [0.3, 0.4) is 0 Å². The van der Waals surface area contributed by atoms with Crippen molar-refractivity contribution in [1.82, 2.24) is 42.8 Å². The maximum absolute atomic E-state index is 13.3. The number of amides is 1. The van der Waals surface area contributed by atoms with E-state index in [2.05, 4.69) is 66.2 Å². The molecule has 1 amide bonds. The maximum atomic E-state index is 13.3. The summed E-state index contributed by atoms with van der Waals surface area (Å²) >= 11 is 0. The molecule has 20 heteroatoms. The summed E-state index contributed by atoms with van der Waals surface area (Å²) in [6, 6.07) is 9.86. The van der Waals surface area contributed by atoms with Gasteiger partial charge in [-0.15, -0.1) is 0 Å². The number of imidazole rings is 2. The average Bonchev–Trinajstić information content (AvgIpc) is 3.65. The number of aromatic nitrogens is 8. The molecule has 1 aliphatic carbocycles. The fourth-order valence-electron chi connectivity index (χ4n) is 8.41. The highest BCUT2D eigenvalue weighted by atomic mass is 32.2. The first-order valence-electron chi connectivity index (χ1n) is 22.5. The minimum absolute atomic E-state index is 0.0104. The molecule has 0 unspecified atom stereocenters. The highest BCUT2D eigenvalue weighted by Gasteiger charge is 2.30. The van der Waals surface area contributed by atoms with Crippen LogP contribution in [0.15, 0.2) is 71.0 Å². The van der Waals surface area contributed by atoms with Gasteiger partial charge in [0.05, 0.1) is 67.8 Å². The molecule has 66 heavy (non-hydrogen) atoms. The Morgan fingerprint density at radius 2 is 1.08 bits per heavy atom. The molecule has 0 spiro atoms. The summed E-state index contributed by atoms with van der Waals surface area (Å²) in [4.78, 5) is 33.2. The number of nitrogens with zero attached hydrogens (tertiary/aromatic N) is 8. The topological polar surface area (TPSA) is 224 Å². The second kappa shape index (κ2) is 18.3. The van der Waals surface area contributed by atoms with Gasteiger partial charge in [-0.1, -0.05) is 41.5 Å². The lowest BCUT2D eigenvalue weighted by Crippen LogP contribution is -2.25. The number of benzene rings is 2. The third kappa shape index (κ3) is 10.1. The minimum atomic E-state index is -4.03. The lowest BCUT2D eigenvalue weighted by molar-refractivity contribution is 0.0610. The molecule has 0 radical (unpaired) electrons. The summed E-state index contributed by atoms with van der Waals surface area (Å²) in [5.74, 6) is 1.80. The fourth-order valence-corrected chi connectivity index (χ4v) is 10.7. The van der Waals surface area contributed by atoms with E-state index in [0.29, 0.717) is 39.4 Å². The van der Waals surface area contributed by atoms with Crippen molar-refractivity contribution in [3.63, 3.8) is 0 Å². The van der Waals surface area contributed by atoms with E-state index in [4.69, 9.17) is 24.5 Å². The van der Waals surface area contributed by atoms with Crippen molar-refractivity contribution in [3.8, 4) is 0 Å². The molecule has 2 saturated heterocycles. The monoisotopic (exact) mass is 945 g/mol. The van der Waals surface area contributed by atoms with Crippen LogP contribution in [0.25, 0.3) is 22.1 Å². The molecule has 2 N–H and O–H groups in total. The highest BCUT2D eigenvalue weighted by Crippen LogP contribution is 2.33. The molecule has 0 bridgehead atoms. The van der Waals surface area contributed by atoms with Gasteiger partial charge in [0, 0.05) is 56.9 Å². The Morgan fingerprint density at radius 1 is 0.652 bits per heavy atom. The van der Waals surface area contributed by atoms with Crippen molar-refractivity contribution in [3.05, 3.63) is 84.0 Å². The summed E-state index contributed by atoms with van der Waals surface area (Å²) in [5, 5.41) is 19.6. The van der Waals surface area contributed by atoms with Crippen molar-refractivity contribution >= 4 is 54.0 Å². The molecule has 9 rings (SSSR count). The lowest BCUT2D eigenvalue weighted by Gasteiger charge is -2.26. The number of fused-ring (bicyclic) bond motifs is 2. The first kappa shape index (κ1) is 47.1. The molecule has 6 heterocycles. The average molecular weight is 946 g/mol. The third-order valence-electron chi connectivity index (χ3n) is 12.3. The number of carbonyl (C=O) groups excluding carboxylic acids is 1. The van der Waals surface area contributed by atoms with Gasteiger partial charge in [0.15, 0.2) is 0 Å². The van der Waals surface area contributed by atoms with Gasteiger partial charge < -0.3 is 29.0 Å². The van der Waals surface area contributed by atoms with E-state index in [0.717, 1.165) is 117 Å². The lowest BCUT2D eigenvalue weighted by atomic mass is 9.94. The van der Waals surface area contributed by atoms with Crippen LogP contribution in [0, 0.1) is 17.8 Å². The van der Waals surface area contributed by atoms with E-state index in [-0.39, 0.29) is 37.7 Å². The van der Waals surface area contributed by atoms with Crippen molar-refractivity contribution in [2.24, 2.45) is 17.8 Å². The molecule has 2 aliphatic heterocycles. The second-order valence-corrected chi connectivity index (χ2v) is 23.3. The van der Waals surface area contributed by atoms with Crippen molar-refractivity contribution in [2.45, 2.75) is 114 Å². The van der Waals surface area contributed by atoms with Gasteiger partial charge in [-0.05, 0) is 92.7 Å². The molecule has 2 aromatic carbocycles. The van der Waals surface area contributed by atoms with Crippen LogP contribution in [0.2, 0.25) is 0 Å². The van der Waals surface area contributed by atoms with Crippen molar-refractivity contribution in [2.75, 3.05) is 33.0 Å². The summed E-state index contributed by atoms with van der Waals surface area (Å²) in [6.45, 7) is 17.9. The van der Waals surface area contributed by atoms with Gasteiger partial charge in [-0.25, -0.2) is 14.8 Å². The zero-order chi connectivity index (χ0) is 47.2. The largest absolute Gasteiger partial charge is 0.478 e. The summed E-state index contributed by atoms with van der Waals surface area (Å²) in [6.07, 6.45) is 10.8. The number of carboxylic acid groups (broad SMARTS) is 1. The molecule has 18 nitrogen and oxygen atoms in total. The van der Waals surface area contributed by atoms with Crippen LogP contribution in [0.1, 0.15) is 112 Å². The van der Waals surface area contributed by atoms with Crippen LogP contribution >= 0.6 is 0 Å². The molecule has 3 aliphatic rings. The standard InChI is InChI=1S/C25H33N5O4S.C21H26N4O5S/c1-25(2,3)24-28-21-12-20(6-7-22(21)29(24)15-18-8-10-34-11-9-18)35(32,33)30-16-19(14-27-30)23(31)26-13-17-4-5-17;1-21(2,3)20-23-17-10-16(31(28,29)25-13-15(11-22-25)19(26)27)4-5-18(17)24(20)12-14-6-8-30-9-7-14/h6-7,12,14,16-18H,4-5,8-11,13,15H2,1-3H3,(H,26,31);4-5,10-11,13-14H,6-9,12H2,1-3H3,(H,26,27). The first-order valence-corrected chi connectivity index (χ1v) is 25.4. The van der Waals surface area contributed by atoms with Crippen LogP contribution < -0.4 is 5.32 Å². The van der Waals surface area contributed by atoms with Crippen LogP contribution in [-0.4, -0.2) is 104 Å². The highest BCUT2D eigenvalue weighted by molar-refractivity contribution is 7.90. The van der Waals surface area contributed by atoms with Gasteiger partial charge >= 0.3 is 5.97 Å². The van der Waals surface area contributed by atoms with E-state index < -0.39 is 26.0 Å². The van der Waals surface area contributed by atoms with E-state index in [1.165, 1.54) is 24.5 Å². The maximum Gasteiger partial charge on any atom is 0.338 e. The van der Waals surface area contributed by atoms with Gasteiger partial charge in [0.25, 0.3) is 26.0 Å². The van der Waals surface area contributed by atoms with Gasteiger partial charge in [-0.2, -0.15) is 35.2 Å². The summed E-state index contributed by atoms with van der Waals surface area (Å²) < 4.78 is 69.6. The SMILES string of the molecule is CC(C)(C)c1nc2cc(S(=O)(=O)n3cc(C(=O)NCC4CC4)cn3)ccc2n1CC1CCOCC1.CC(C)(C)c1nc2cc(S(=O)(=O)n3cc(C(=O)O)cn3)ccc2n1CC1CCOCC1. The van der Waals surface area contributed by atoms with Crippen LogP contribution in [0.5, 0.6) is 0 Å².